The van der Waals surface area contributed by atoms with Crippen molar-refractivity contribution < 1.29 is 102 Å². The SMILES string of the molecule is COC(=O)N[C@H]1[C@@H](C)O[C@@H](O[C@H]2C/C=C(\C)[C@@H]3C=C[C@@H]4[C@@H](O[C@H]5C[C@@H](O[C@H]6CC[C@@H](O[C@@H]7C[C@@H](O)[C@@H](O)[C@H](C)O7)[C@H](C)O6)[C@@H](OC(C)=O)[C@H](C)O5)[C@@H](C)C[C@H](C)[C@H]4[C@]3(C)C(O)=C3C(=O)O[C@]4(CC(/C=C/C(C)=O)=C[C@H](O)[C@H]4/C=C/2C)C3=O)C[C@]1(C)N([O-])O. The molecule has 9 aliphatic rings. The van der Waals surface area contributed by atoms with Crippen LogP contribution in [0.5, 0.6) is 0 Å². The smallest absolute Gasteiger partial charge is 0.407 e. The summed E-state index contributed by atoms with van der Waals surface area (Å²) in [5.74, 6) is -6.51. The molecular weight excluding hydrogens is 1150 g/mol. The first kappa shape index (κ1) is 67.6. The molecule has 0 radical (unpaired) electrons. The molecule has 0 unspecified atom stereocenters. The zero-order valence-electron chi connectivity index (χ0n) is 52.6. The summed E-state index contributed by atoms with van der Waals surface area (Å²) in [5.41, 5.74) is -4.27. The Morgan fingerprint density at radius 2 is 1.45 bits per heavy atom. The second-order valence-electron chi connectivity index (χ2n) is 26.5. The number of aliphatic hydroxyl groups is 4. The number of ether oxygens (including phenoxy) is 11. The maximum atomic E-state index is 15.8. The first-order valence-corrected chi connectivity index (χ1v) is 31.0. The number of Topliss-reactive ketones (excluding diaryl/α,β-unsaturated/α-hetero) is 1. The van der Waals surface area contributed by atoms with E-state index in [2.05, 4.69) is 25.2 Å². The highest BCUT2D eigenvalue weighted by molar-refractivity contribution is 6.26. The van der Waals surface area contributed by atoms with Gasteiger partial charge in [-0.2, -0.15) is 0 Å². The van der Waals surface area contributed by atoms with Crippen molar-refractivity contribution in [3.05, 3.63) is 75.8 Å². The van der Waals surface area contributed by atoms with Gasteiger partial charge in [-0.05, 0) is 110 Å². The van der Waals surface area contributed by atoms with E-state index >= 15 is 4.79 Å². The minimum atomic E-state index is -2.13. The molecule has 1 spiro atoms. The number of nitrogens with one attached hydrogen (secondary N) is 1. The Hall–Kier alpha value is -4.77. The van der Waals surface area contributed by atoms with Gasteiger partial charge in [0.15, 0.2) is 42.6 Å². The average molecular weight is 1240 g/mol. The van der Waals surface area contributed by atoms with Crippen LogP contribution >= 0.6 is 0 Å². The molecule has 6 fully saturated rings. The number of hydrogen-bond donors (Lipinski definition) is 6. The van der Waals surface area contributed by atoms with Gasteiger partial charge in [0.2, 0.25) is 5.78 Å². The number of methoxy groups -OCH3 is 1. The van der Waals surface area contributed by atoms with Gasteiger partial charge in [0.05, 0.1) is 79.5 Å². The number of nitrogens with zero attached hydrogens (tertiary/aromatic N) is 1. The van der Waals surface area contributed by atoms with Gasteiger partial charge < -0.3 is 88.3 Å². The molecule has 0 aromatic carbocycles. The summed E-state index contributed by atoms with van der Waals surface area (Å²) >= 11 is 0. The number of ketones is 2. The van der Waals surface area contributed by atoms with Crippen LogP contribution in [-0.4, -0.2) is 183 Å². The Morgan fingerprint density at radius 3 is 2.11 bits per heavy atom. The van der Waals surface area contributed by atoms with Crippen LogP contribution < -0.4 is 5.32 Å². The van der Waals surface area contributed by atoms with Gasteiger partial charge in [-0.25, -0.2) is 9.59 Å². The van der Waals surface area contributed by atoms with Crippen molar-refractivity contribution in [1.82, 2.24) is 10.5 Å². The Morgan fingerprint density at radius 1 is 0.784 bits per heavy atom. The number of amides is 1. The summed E-state index contributed by atoms with van der Waals surface area (Å²) in [6.45, 7) is 20.7. The molecule has 5 heterocycles. The van der Waals surface area contributed by atoms with Crippen molar-refractivity contribution in [2.45, 2.75) is 250 Å². The number of carbonyl (C=O) groups is 5. The third-order valence-corrected chi connectivity index (χ3v) is 20.2. The van der Waals surface area contributed by atoms with E-state index < -0.39 is 180 Å². The number of alkyl carbamates (subject to hydrolysis) is 1. The lowest BCUT2D eigenvalue weighted by molar-refractivity contribution is -0.323. The standard InChI is InChI=1S/C64H91N2O22/c1-29-14-19-45(84-51-28-62(11,66(76)77)57(37(9)82-51)65-61(75)78-13)30(2)23-42-43(69)24-39(16-15-33(5)67)27-64(42)59(73)52(60(74)88-64)58(72)63(12)41(29)18-17-40-53(63)31(3)22-32(4)55(40)87-50-26-47(56(36(8)81-50)83-38(10)68)86-48-21-20-46(34(6)79-48)85-49-25-44(70)54(71)35(7)80-49/h14-18,23-24,31-32,34-37,40-51,53-57,69-72,76H,19-22,25-28H2,1-13H3,(H,65,75)/q-1/b16-15+,29-14+,30-23+,58-52?/t31-,32-,34-,35-,36-,37+,40-,41-,42+,43-,44+,45-,46+,47+,48-,49+,50-,51-,53+,54-,55-,56-,57-,62-,63+,64-/m0/s1. The van der Waals surface area contributed by atoms with Crippen molar-refractivity contribution in [3.63, 3.8) is 0 Å². The number of carbonyl (C=O) groups excluding carboxylic acids is 5. The van der Waals surface area contributed by atoms with Crippen LogP contribution in [0.15, 0.2) is 70.6 Å². The fraction of sp³-hybridized carbons (Fsp3) is 0.734. The van der Waals surface area contributed by atoms with E-state index in [4.69, 9.17) is 52.1 Å². The lowest BCUT2D eigenvalue weighted by Crippen LogP contribution is -2.67. The number of allylic oxidation sites excluding steroid dienone is 5. The van der Waals surface area contributed by atoms with Gasteiger partial charge in [-0.3, -0.25) is 19.6 Å². The molecule has 5 saturated heterocycles. The summed E-state index contributed by atoms with van der Waals surface area (Å²) in [6.07, 6.45) is -1.03. The number of esters is 2. The minimum Gasteiger partial charge on any atom is -0.762 e. The van der Waals surface area contributed by atoms with Crippen LogP contribution in [0.2, 0.25) is 0 Å². The third-order valence-electron chi connectivity index (χ3n) is 20.2. The van der Waals surface area contributed by atoms with Gasteiger partial charge in [0.1, 0.15) is 23.5 Å². The van der Waals surface area contributed by atoms with E-state index in [0.29, 0.717) is 30.4 Å². The van der Waals surface area contributed by atoms with E-state index in [-0.39, 0.29) is 54.9 Å². The fourth-order valence-electron chi connectivity index (χ4n) is 15.8. The zero-order valence-corrected chi connectivity index (χ0v) is 52.6. The number of rotatable bonds is 13. The highest BCUT2D eigenvalue weighted by atomic mass is 16.8. The van der Waals surface area contributed by atoms with Gasteiger partial charge in [-0.1, -0.05) is 62.8 Å². The van der Waals surface area contributed by atoms with Crippen LogP contribution in [0.25, 0.3) is 0 Å². The predicted octanol–water partition coefficient (Wildman–Crippen LogP) is 6.31. The highest BCUT2D eigenvalue weighted by Gasteiger charge is 2.65. The first-order chi connectivity index (χ1) is 41.4. The van der Waals surface area contributed by atoms with Crippen molar-refractivity contribution >= 4 is 29.6 Å². The molecule has 5 aliphatic heterocycles. The van der Waals surface area contributed by atoms with E-state index in [9.17, 15) is 50.0 Å². The summed E-state index contributed by atoms with van der Waals surface area (Å²) in [7, 11) is 1.16. The number of hydrogen-bond acceptors (Lipinski definition) is 23. The van der Waals surface area contributed by atoms with E-state index in [1.165, 1.54) is 39.0 Å². The Bertz CT molecular complexity index is 2800. The second-order valence-corrected chi connectivity index (χ2v) is 26.5. The van der Waals surface area contributed by atoms with Crippen LogP contribution in [-0.2, 0) is 71.3 Å². The summed E-state index contributed by atoms with van der Waals surface area (Å²) in [5, 5.41) is 72.1. The largest absolute Gasteiger partial charge is 0.762 e. The number of hydroxylamine groups is 2. The lowest BCUT2D eigenvalue weighted by Gasteiger charge is -2.56. The van der Waals surface area contributed by atoms with Crippen LogP contribution in [0.4, 0.5) is 4.79 Å². The molecule has 2 bridgehead atoms. The zero-order chi connectivity index (χ0) is 64.2. The molecule has 24 nitrogen and oxygen atoms in total. The van der Waals surface area contributed by atoms with E-state index in [1.54, 1.807) is 33.8 Å². The summed E-state index contributed by atoms with van der Waals surface area (Å²) in [6, 6.07) is -1.06. The number of aliphatic hydroxyl groups excluding tert-OH is 4. The van der Waals surface area contributed by atoms with Gasteiger partial charge in [0.25, 0.3) is 0 Å². The molecule has 490 valence electrons. The predicted molar refractivity (Wildman–Crippen MR) is 311 cm³/mol. The number of fused-ring (bicyclic) bond motifs is 4. The minimum absolute atomic E-state index is 0.0978. The fourth-order valence-corrected chi connectivity index (χ4v) is 15.8. The van der Waals surface area contributed by atoms with Gasteiger partial charge in [-0.15, -0.1) is 0 Å². The molecule has 4 aliphatic carbocycles. The Labute approximate surface area is 514 Å². The molecule has 26 atom stereocenters. The second kappa shape index (κ2) is 26.8. The molecule has 88 heavy (non-hydrogen) atoms. The maximum absolute atomic E-state index is 15.8. The molecule has 1 saturated carbocycles. The molecule has 1 amide bonds. The average Bonchev–Trinajstić information content (AvgIpc) is 1.35. The monoisotopic (exact) mass is 1240 g/mol. The van der Waals surface area contributed by atoms with E-state index in [0.717, 1.165) is 12.7 Å². The Balaban J connectivity index is 1.05. The lowest BCUT2D eigenvalue weighted by atomic mass is 9.49. The van der Waals surface area contributed by atoms with E-state index in [1.807, 2.05) is 32.9 Å². The molecule has 9 rings (SSSR count). The van der Waals surface area contributed by atoms with Crippen molar-refractivity contribution in [1.29, 1.82) is 0 Å². The molecular formula is C64H91N2O22-. The quantitative estimate of drug-likeness (QED) is 0.0294. The van der Waals surface area contributed by atoms with Gasteiger partial charge >= 0.3 is 18.0 Å². The first-order valence-electron chi connectivity index (χ1n) is 31.0. The van der Waals surface area contributed by atoms with Crippen LogP contribution in [0.3, 0.4) is 0 Å². The topological polar surface area (TPSA) is 326 Å². The van der Waals surface area contributed by atoms with Crippen molar-refractivity contribution in [2.24, 2.45) is 40.9 Å². The normalized spacial score (nSPS) is 46.0. The highest BCUT2D eigenvalue weighted by Crippen LogP contribution is 2.61. The van der Waals surface area contributed by atoms with Crippen molar-refractivity contribution in [3.8, 4) is 0 Å². The van der Waals surface area contributed by atoms with Crippen molar-refractivity contribution in [2.75, 3.05) is 7.11 Å². The van der Waals surface area contributed by atoms with Crippen LogP contribution in [0, 0.1) is 46.1 Å². The van der Waals surface area contributed by atoms with Gasteiger partial charge in [0, 0.05) is 56.3 Å². The molecule has 6 N–H and O–H groups in total. The van der Waals surface area contributed by atoms with Crippen LogP contribution in [0.1, 0.15) is 134 Å². The molecule has 0 aromatic heterocycles. The summed E-state index contributed by atoms with van der Waals surface area (Å²) in [4.78, 5) is 68.0. The maximum Gasteiger partial charge on any atom is 0.407 e. The Kier molecular flexibility index (Phi) is 20.6. The summed E-state index contributed by atoms with van der Waals surface area (Å²) < 4.78 is 69.0. The molecule has 24 heteroatoms. The third kappa shape index (κ3) is 13.3. The molecule has 0 aromatic rings.